The van der Waals surface area contributed by atoms with Gasteiger partial charge in [0.1, 0.15) is 11.6 Å². The van der Waals surface area contributed by atoms with Crippen LogP contribution < -0.4 is 43.4 Å². The first-order valence-corrected chi connectivity index (χ1v) is 30.8. The van der Waals surface area contributed by atoms with Crippen LogP contribution in [-0.4, -0.2) is 99.9 Å². The molecule has 0 aliphatic carbocycles. The van der Waals surface area contributed by atoms with E-state index in [9.17, 15) is 26.4 Å². The molecule has 0 fully saturated rings. The number of nitrogen functional groups attached to an aromatic ring is 2. The molecule has 2 atom stereocenters. The van der Waals surface area contributed by atoms with E-state index in [2.05, 4.69) is 51.2 Å². The number of nitrogens with one attached hydrogen (secondary N) is 3. The molecule has 10 rings (SSSR count). The van der Waals surface area contributed by atoms with Crippen LogP contribution in [-0.2, 0) is 26.0 Å². The fourth-order valence-electron chi connectivity index (χ4n) is 8.93. The van der Waals surface area contributed by atoms with Gasteiger partial charge in [-0.3, -0.25) is 23.4 Å². The summed E-state index contributed by atoms with van der Waals surface area (Å²) in [5.41, 5.74) is 16.7. The van der Waals surface area contributed by atoms with E-state index in [1.165, 1.54) is 56.8 Å². The lowest BCUT2D eigenvalue weighted by Crippen LogP contribution is -2.32. The van der Waals surface area contributed by atoms with Crippen LogP contribution in [0.25, 0.3) is 44.0 Å². The van der Waals surface area contributed by atoms with E-state index in [0.717, 1.165) is 32.0 Å². The molecular formula is C59H59BBrCl2N13O8S2. The Labute approximate surface area is 515 Å². The summed E-state index contributed by atoms with van der Waals surface area (Å²) >= 11 is 16.2. The van der Waals surface area contributed by atoms with Gasteiger partial charge in [0, 0.05) is 74.6 Å². The van der Waals surface area contributed by atoms with E-state index in [-0.39, 0.29) is 46.0 Å². The predicted molar refractivity (Wildman–Crippen MR) is 348 cm³/mol. The van der Waals surface area contributed by atoms with Crippen molar-refractivity contribution in [1.29, 1.82) is 0 Å². The minimum absolute atomic E-state index is 0.0699. The Morgan fingerprint density at radius 1 is 0.616 bits per heavy atom. The molecule has 0 spiro atoms. The van der Waals surface area contributed by atoms with Gasteiger partial charge in [0.15, 0.2) is 0 Å². The van der Waals surface area contributed by atoms with Crippen LogP contribution in [0.5, 0.6) is 0 Å². The van der Waals surface area contributed by atoms with Gasteiger partial charge >= 0.3 is 17.3 Å². The number of pyridine rings is 2. The quantitative estimate of drug-likeness (QED) is 0.0445. The van der Waals surface area contributed by atoms with Gasteiger partial charge in [-0.2, -0.15) is 22.7 Å². The number of sulfonamides is 1. The molecule has 10 aromatic rings. The van der Waals surface area contributed by atoms with Gasteiger partial charge in [0.25, 0.3) is 11.1 Å². The van der Waals surface area contributed by atoms with Gasteiger partial charge in [-0.15, -0.1) is 0 Å². The van der Waals surface area contributed by atoms with Crippen LogP contribution in [0.1, 0.15) is 42.9 Å². The summed E-state index contributed by atoms with van der Waals surface area (Å²) in [5.74, 6) is 1.07. The van der Waals surface area contributed by atoms with Crippen molar-refractivity contribution in [3.05, 3.63) is 222 Å². The lowest BCUT2D eigenvalue weighted by molar-refractivity contribution is 0.425. The molecule has 0 saturated heterocycles. The van der Waals surface area contributed by atoms with E-state index >= 15 is 0 Å². The number of nitrogens with two attached hydrogens (primary N) is 2. The molecule has 4 aromatic heterocycles. The topological polar surface area (TPSA) is 299 Å². The van der Waals surface area contributed by atoms with E-state index < -0.39 is 33.4 Å². The number of nitrogens with zero attached hydrogens (tertiary/aromatic N) is 8. The molecule has 0 amide bonds. The number of fused-ring (bicyclic) bond motifs is 2. The summed E-state index contributed by atoms with van der Waals surface area (Å²) in [7, 11) is -2.84. The van der Waals surface area contributed by atoms with Crippen molar-refractivity contribution in [2.75, 3.05) is 55.0 Å². The molecule has 0 unspecified atom stereocenters. The number of hydrogen-bond acceptors (Lipinski definition) is 16. The second-order valence-electron chi connectivity index (χ2n) is 19.8. The van der Waals surface area contributed by atoms with Crippen LogP contribution in [0.2, 0.25) is 10.0 Å². The molecule has 27 heteroatoms. The van der Waals surface area contributed by atoms with Gasteiger partial charge in [0.2, 0.25) is 21.9 Å². The predicted octanol–water partition coefficient (Wildman–Crippen LogP) is 8.78. The first kappa shape index (κ1) is 63.8. The Hall–Kier alpha value is -8.24. The molecule has 0 radical (unpaired) electrons. The molecular weight excluding hydrogens is 1240 g/mol. The standard InChI is InChI=1S/C30H29ClN6O3S.C21H17BrClN5O.C8H13BN2O4S/c1-19(26-16-22-11-8-14-25(31)27(22)29(38)37(26)23-12-5-4-6-13-23)34-28-24(17-33-30(32)35-28)21-10-7-9-20(15-21)18-41(39,40)36(2)3;1-12(26-19-15(22)11-25-21(24)27-19)17-10-13-6-5-9-16(23)18(13)20(29)28(17)14-7-3-2-4-8-14;1-11(2)16(14,15)10-8-5-3-4-7(6-8)9(12)13/h4-17,19H,18H2,1-3H3,(H3,32,33,34,35);2-12H,1H3,(H3,24,25,26,27);3-6,10,12-13H,1-2H3/t19-;12-;/m00./s1. The zero-order valence-corrected chi connectivity index (χ0v) is 51.9. The third-order valence-electron chi connectivity index (χ3n) is 13.3. The molecule has 6 aromatic carbocycles. The Bertz CT molecular complexity index is 4460. The lowest BCUT2D eigenvalue weighted by atomic mass is 9.80. The Balaban J connectivity index is 0.000000185. The van der Waals surface area contributed by atoms with Gasteiger partial charge in [-0.1, -0.05) is 114 Å². The van der Waals surface area contributed by atoms with Crippen molar-refractivity contribution in [3.8, 4) is 22.5 Å². The number of hydrogen-bond donors (Lipinski definition) is 7. The first-order chi connectivity index (χ1) is 40.8. The highest BCUT2D eigenvalue weighted by molar-refractivity contribution is 9.10. The smallest absolute Gasteiger partial charge is 0.423 e. The van der Waals surface area contributed by atoms with Crippen molar-refractivity contribution in [1.82, 2.24) is 37.7 Å². The van der Waals surface area contributed by atoms with Crippen molar-refractivity contribution in [2.45, 2.75) is 31.7 Å². The van der Waals surface area contributed by atoms with Crippen molar-refractivity contribution < 1.29 is 26.9 Å². The second-order valence-corrected chi connectivity index (χ2v) is 25.5. The molecule has 0 saturated carbocycles. The summed E-state index contributed by atoms with van der Waals surface area (Å²) in [6, 6.07) is 45.9. The van der Waals surface area contributed by atoms with E-state index in [1.54, 1.807) is 51.9 Å². The summed E-state index contributed by atoms with van der Waals surface area (Å²) in [4.78, 5) is 44.1. The summed E-state index contributed by atoms with van der Waals surface area (Å²) in [5, 5.41) is 27.8. The van der Waals surface area contributed by atoms with Crippen molar-refractivity contribution in [2.24, 2.45) is 0 Å². The minimum atomic E-state index is -3.57. The normalized spacial score (nSPS) is 12.2. The number of rotatable bonds is 16. The molecule has 0 bridgehead atoms. The fraction of sp³-hybridized carbons (Fsp3) is 0.153. The zero-order valence-electron chi connectivity index (χ0n) is 47.1. The van der Waals surface area contributed by atoms with E-state index in [0.29, 0.717) is 59.4 Å². The molecule has 4 heterocycles. The minimum Gasteiger partial charge on any atom is -0.423 e. The molecule has 0 aliphatic heterocycles. The maximum absolute atomic E-state index is 13.8. The maximum atomic E-state index is 13.8. The van der Waals surface area contributed by atoms with E-state index in [4.69, 9.17) is 44.7 Å². The lowest BCUT2D eigenvalue weighted by Gasteiger charge is -2.23. The van der Waals surface area contributed by atoms with Gasteiger partial charge in [-0.05, 0) is 124 Å². The summed E-state index contributed by atoms with van der Waals surface area (Å²) < 4.78 is 56.4. The fourth-order valence-corrected chi connectivity index (χ4v) is 11.2. The Kier molecular flexibility index (Phi) is 20.3. The molecule has 0 aliphatic rings. The molecule has 444 valence electrons. The summed E-state index contributed by atoms with van der Waals surface area (Å²) in [6.45, 7) is 3.88. The van der Waals surface area contributed by atoms with Crippen LogP contribution in [0.4, 0.5) is 29.2 Å². The van der Waals surface area contributed by atoms with Crippen molar-refractivity contribution in [3.63, 3.8) is 0 Å². The number of para-hydroxylation sites is 2. The third-order valence-corrected chi connectivity index (χ3v) is 17.8. The average molecular weight is 1300 g/mol. The molecule has 86 heavy (non-hydrogen) atoms. The Morgan fingerprint density at radius 3 is 1.62 bits per heavy atom. The number of halogens is 3. The van der Waals surface area contributed by atoms with Gasteiger partial charge < -0.3 is 32.1 Å². The summed E-state index contributed by atoms with van der Waals surface area (Å²) in [6.07, 6.45) is 3.18. The van der Waals surface area contributed by atoms with Crippen LogP contribution in [0, 0.1) is 0 Å². The van der Waals surface area contributed by atoms with Gasteiger partial charge in [0.05, 0.1) is 43.1 Å². The highest BCUT2D eigenvalue weighted by Gasteiger charge is 2.23. The average Bonchev–Trinajstić information content (AvgIpc) is 0.943. The van der Waals surface area contributed by atoms with Crippen LogP contribution in [0.15, 0.2) is 184 Å². The van der Waals surface area contributed by atoms with Gasteiger partial charge in [-0.25, -0.2) is 22.7 Å². The van der Waals surface area contributed by atoms with E-state index in [1.807, 2.05) is 117 Å². The molecule has 9 N–H and O–H groups in total. The van der Waals surface area contributed by atoms with Crippen LogP contribution in [0.3, 0.4) is 0 Å². The highest BCUT2D eigenvalue weighted by atomic mass is 79.9. The monoisotopic (exact) mass is 1300 g/mol. The largest absolute Gasteiger partial charge is 0.488 e. The first-order valence-electron chi connectivity index (χ1n) is 26.2. The Morgan fingerprint density at radius 2 is 1.10 bits per heavy atom. The number of benzene rings is 6. The van der Waals surface area contributed by atoms with Crippen molar-refractivity contribution >= 4 is 123 Å². The maximum Gasteiger partial charge on any atom is 0.488 e. The SMILES string of the molecule is CN(C)S(=O)(=O)Nc1cccc(B(O)O)c1.C[C@H](Nc1nc(N)ncc1-c1cccc(CS(=O)(=O)N(C)C)c1)c1cc2cccc(Cl)c2c(=O)n1-c1ccccc1.C[C@H](Nc1nc(N)ncc1Br)c1cc2cccc(Cl)c2c(=O)n1-c1ccccc1. The number of anilines is 5. The second kappa shape index (κ2) is 27.4. The number of aromatic nitrogens is 6. The third kappa shape index (κ3) is 15.0. The zero-order chi connectivity index (χ0) is 62.2. The highest BCUT2D eigenvalue weighted by Crippen LogP contribution is 2.33. The molecule has 21 nitrogen and oxygen atoms in total. The van der Waals surface area contributed by atoms with Crippen LogP contribution >= 0.6 is 39.1 Å².